The van der Waals surface area contributed by atoms with Crippen LogP contribution < -0.4 is 0 Å². The predicted octanol–water partition coefficient (Wildman–Crippen LogP) is 1.97. The van der Waals surface area contributed by atoms with Crippen molar-refractivity contribution in [3.63, 3.8) is 0 Å². The summed E-state index contributed by atoms with van der Waals surface area (Å²) in [7, 11) is 0. The fourth-order valence-electron chi connectivity index (χ4n) is 1.73. The SMILES string of the molecule is Cc1nccnc1C(C)(O)C(C)C(=O)OC(C)(C)C. The Morgan fingerprint density at radius 1 is 1.26 bits per heavy atom. The molecule has 0 spiro atoms. The predicted molar refractivity (Wildman–Crippen MR) is 71.3 cm³/mol. The summed E-state index contributed by atoms with van der Waals surface area (Å²) >= 11 is 0. The van der Waals surface area contributed by atoms with Crippen LogP contribution in [0.1, 0.15) is 46.0 Å². The maximum Gasteiger partial charge on any atom is 0.312 e. The molecule has 1 aromatic rings. The van der Waals surface area contributed by atoms with E-state index in [4.69, 9.17) is 4.74 Å². The van der Waals surface area contributed by atoms with Gasteiger partial charge in [0.1, 0.15) is 11.2 Å². The first kappa shape index (κ1) is 15.6. The highest BCUT2D eigenvalue weighted by molar-refractivity contribution is 5.74. The third-order valence-corrected chi connectivity index (χ3v) is 2.96. The van der Waals surface area contributed by atoms with E-state index >= 15 is 0 Å². The van der Waals surface area contributed by atoms with E-state index in [0.717, 1.165) is 0 Å². The van der Waals surface area contributed by atoms with E-state index in [0.29, 0.717) is 11.4 Å². The molecule has 5 nitrogen and oxygen atoms in total. The first-order valence-corrected chi connectivity index (χ1v) is 6.29. The van der Waals surface area contributed by atoms with Crippen molar-refractivity contribution >= 4 is 5.97 Å². The summed E-state index contributed by atoms with van der Waals surface area (Å²) in [5, 5.41) is 10.6. The lowest BCUT2D eigenvalue weighted by molar-refractivity contribution is -0.168. The minimum Gasteiger partial charge on any atom is -0.460 e. The first-order chi connectivity index (χ1) is 8.55. The Morgan fingerprint density at radius 3 is 2.26 bits per heavy atom. The van der Waals surface area contributed by atoms with Crippen molar-refractivity contribution in [2.24, 2.45) is 5.92 Å². The number of carbonyl (C=O) groups excluding carboxylic acids is 1. The summed E-state index contributed by atoms with van der Waals surface area (Å²) in [6.45, 7) is 10.3. The van der Waals surface area contributed by atoms with E-state index in [1.165, 1.54) is 6.20 Å². The molecule has 0 fully saturated rings. The van der Waals surface area contributed by atoms with E-state index in [2.05, 4.69) is 9.97 Å². The summed E-state index contributed by atoms with van der Waals surface area (Å²) in [5.41, 5.74) is -1.00. The van der Waals surface area contributed by atoms with Crippen LogP contribution in [0.4, 0.5) is 0 Å². The average molecular weight is 266 g/mol. The summed E-state index contributed by atoms with van der Waals surface area (Å²) in [6.07, 6.45) is 3.05. The zero-order valence-electron chi connectivity index (χ0n) is 12.4. The molecule has 0 aliphatic carbocycles. The molecule has 0 aromatic carbocycles. The molecule has 1 N–H and O–H groups in total. The van der Waals surface area contributed by atoms with Crippen molar-refractivity contribution in [2.75, 3.05) is 0 Å². The molecule has 0 saturated carbocycles. The number of aryl methyl sites for hydroxylation is 1. The number of ether oxygens (including phenoxy) is 1. The minimum absolute atomic E-state index is 0.397. The fraction of sp³-hybridized carbons (Fsp3) is 0.643. The average Bonchev–Trinajstić information content (AvgIpc) is 2.26. The topological polar surface area (TPSA) is 72.3 Å². The third-order valence-electron chi connectivity index (χ3n) is 2.96. The van der Waals surface area contributed by atoms with Gasteiger partial charge in [-0.3, -0.25) is 14.8 Å². The van der Waals surface area contributed by atoms with Crippen LogP contribution in [-0.2, 0) is 15.1 Å². The monoisotopic (exact) mass is 266 g/mol. The molecule has 0 bridgehead atoms. The number of nitrogens with zero attached hydrogens (tertiary/aromatic N) is 2. The van der Waals surface area contributed by atoms with Crippen LogP contribution >= 0.6 is 0 Å². The van der Waals surface area contributed by atoms with Crippen molar-refractivity contribution in [3.05, 3.63) is 23.8 Å². The molecule has 2 unspecified atom stereocenters. The second kappa shape index (κ2) is 5.25. The van der Waals surface area contributed by atoms with Crippen LogP contribution in [0.25, 0.3) is 0 Å². The molecule has 106 valence electrons. The van der Waals surface area contributed by atoms with Gasteiger partial charge in [-0.1, -0.05) is 0 Å². The van der Waals surface area contributed by atoms with Crippen LogP contribution in [0.15, 0.2) is 12.4 Å². The van der Waals surface area contributed by atoms with Crippen LogP contribution in [0.2, 0.25) is 0 Å². The largest absolute Gasteiger partial charge is 0.460 e. The van der Waals surface area contributed by atoms with Crippen molar-refractivity contribution in [1.82, 2.24) is 9.97 Å². The van der Waals surface area contributed by atoms with Gasteiger partial charge < -0.3 is 9.84 Å². The number of aliphatic hydroxyl groups is 1. The van der Waals surface area contributed by atoms with Gasteiger partial charge >= 0.3 is 5.97 Å². The molecule has 1 heterocycles. The molecule has 1 rings (SSSR count). The minimum atomic E-state index is -1.42. The molecule has 0 aliphatic heterocycles. The Hall–Kier alpha value is -1.49. The molecule has 0 saturated heterocycles. The molecule has 0 amide bonds. The number of hydrogen-bond donors (Lipinski definition) is 1. The third kappa shape index (κ3) is 3.73. The van der Waals surface area contributed by atoms with E-state index in [-0.39, 0.29) is 0 Å². The normalized spacial score (nSPS) is 16.6. The van der Waals surface area contributed by atoms with Gasteiger partial charge in [0.2, 0.25) is 0 Å². The summed E-state index contributed by atoms with van der Waals surface area (Å²) in [6, 6.07) is 0. The zero-order chi connectivity index (χ0) is 14.8. The molecular weight excluding hydrogens is 244 g/mol. The van der Waals surface area contributed by atoms with Crippen LogP contribution in [0.5, 0.6) is 0 Å². The molecule has 0 aliphatic rings. The van der Waals surface area contributed by atoms with Gasteiger partial charge in [0.05, 0.1) is 17.3 Å². The van der Waals surface area contributed by atoms with Crippen molar-refractivity contribution < 1.29 is 14.6 Å². The van der Waals surface area contributed by atoms with E-state index in [1.54, 1.807) is 47.7 Å². The van der Waals surface area contributed by atoms with E-state index in [9.17, 15) is 9.90 Å². The van der Waals surface area contributed by atoms with Gasteiger partial charge in [0.15, 0.2) is 0 Å². The molecular formula is C14H22N2O3. The van der Waals surface area contributed by atoms with E-state index in [1.807, 2.05) is 0 Å². The Bertz CT molecular complexity index is 464. The highest BCUT2D eigenvalue weighted by Gasteiger charge is 2.40. The Balaban J connectivity index is 3.00. The number of aromatic nitrogens is 2. The number of carbonyl (C=O) groups is 1. The highest BCUT2D eigenvalue weighted by atomic mass is 16.6. The zero-order valence-corrected chi connectivity index (χ0v) is 12.4. The van der Waals surface area contributed by atoms with Gasteiger partial charge in [-0.15, -0.1) is 0 Å². The second-order valence-electron chi connectivity index (χ2n) is 5.89. The number of hydrogen-bond acceptors (Lipinski definition) is 5. The van der Waals surface area contributed by atoms with Crippen LogP contribution in [-0.4, -0.2) is 26.6 Å². The van der Waals surface area contributed by atoms with Crippen LogP contribution in [0, 0.1) is 12.8 Å². The molecule has 19 heavy (non-hydrogen) atoms. The molecule has 1 aromatic heterocycles. The maximum atomic E-state index is 12.1. The Labute approximate surface area is 114 Å². The van der Waals surface area contributed by atoms with Crippen molar-refractivity contribution in [3.8, 4) is 0 Å². The Morgan fingerprint density at radius 2 is 1.79 bits per heavy atom. The molecule has 5 heteroatoms. The first-order valence-electron chi connectivity index (χ1n) is 6.29. The smallest absolute Gasteiger partial charge is 0.312 e. The van der Waals surface area contributed by atoms with E-state index < -0.39 is 23.1 Å². The summed E-state index contributed by atoms with van der Waals surface area (Å²) in [5.74, 6) is -1.19. The van der Waals surface area contributed by atoms with Crippen molar-refractivity contribution in [1.29, 1.82) is 0 Å². The molecule has 0 radical (unpaired) electrons. The summed E-state index contributed by atoms with van der Waals surface area (Å²) < 4.78 is 5.30. The Kier molecular flexibility index (Phi) is 4.30. The lowest BCUT2D eigenvalue weighted by atomic mass is 9.86. The van der Waals surface area contributed by atoms with Gasteiger partial charge in [-0.05, 0) is 41.5 Å². The lowest BCUT2D eigenvalue weighted by Gasteiger charge is -2.31. The van der Waals surface area contributed by atoms with Gasteiger partial charge in [0.25, 0.3) is 0 Å². The second-order valence-corrected chi connectivity index (χ2v) is 5.89. The standard InChI is InChI=1S/C14H22N2O3/c1-9(12(17)19-13(3,4)5)14(6,18)11-10(2)15-7-8-16-11/h7-9,18H,1-6H3. The maximum absolute atomic E-state index is 12.1. The number of rotatable bonds is 3. The quantitative estimate of drug-likeness (QED) is 0.847. The molecule has 2 atom stereocenters. The highest BCUT2D eigenvalue weighted by Crippen LogP contribution is 2.30. The van der Waals surface area contributed by atoms with Crippen LogP contribution in [0.3, 0.4) is 0 Å². The lowest BCUT2D eigenvalue weighted by Crippen LogP contribution is -2.40. The van der Waals surface area contributed by atoms with Gasteiger partial charge in [-0.25, -0.2) is 0 Å². The van der Waals surface area contributed by atoms with Gasteiger partial charge in [0, 0.05) is 12.4 Å². The summed E-state index contributed by atoms with van der Waals surface area (Å²) in [4.78, 5) is 20.3. The van der Waals surface area contributed by atoms with Gasteiger partial charge in [-0.2, -0.15) is 0 Å². The fourth-order valence-corrected chi connectivity index (χ4v) is 1.73. The van der Waals surface area contributed by atoms with Crippen molar-refractivity contribution in [2.45, 2.75) is 52.7 Å². The number of esters is 1.